The molecule has 7 heteroatoms. The number of hydrogen-bond donors (Lipinski definition) is 3. The number of ether oxygens (including phenoxy) is 2. The largest absolute Gasteiger partial charge is 0.454 e. The quantitative estimate of drug-likeness (QED) is 0.713. The lowest BCUT2D eigenvalue weighted by molar-refractivity contribution is -0.124. The number of anilines is 1. The first-order chi connectivity index (χ1) is 13.4. The molecule has 3 amide bonds. The van der Waals surface area contributed by atoms with Crippen molar-refractivity contribution in [3.63, 3.8) is 0 Å². The molecule has 148 valence electrons. The Morgan fingerprint density at radius 1 is 0.929 bits per heavy atom. The highest BCUT2D eigenvalue weighted by molar-refractivity contribution is 5.93. The van der Waals surface area contributed by atoms with E-state index in [0.717, 1.165) is 5.56 Å². The summed E-state index contributed by atoms with van der Waals surface area (Å²) in [6.45, 7) is 5.86. The molecule has 0 bridgehead atoms. The van der Waals surface area contributed by atoms with E-state index in [9.17, 15) is 9.59 Å². The van der Waals surface area contributed by atoms with Gasteiger partial charge in [-0.1, -0.05) is 38.1 Å². The Bertz CT molecular complexity index is 839. The normalized spacial score (nSPS) is 14.3. The summed E-state index contributed by atoms with van der Waals surface area (Å²) in [5.74, 6) is 1.04. The monoisotopic (exact) mass is 383 g/mol. The van der Waals surface area contributed by atoms with Crippen molar-refractivity contribution in [2.45, 2.75) is 32.9 Å². The number of urea groups is 1. The van der Waals surface area contributed by atoms with Crippen LogP contribution in [0.1, 0.15) is 32.4 Å². The zero-order chi connectivity index (χ0) is 20.1. The minimum absolute atomic E-state index is 0.0783. The van der Waals surface area contributed by atoms with Crippen molar-refractivity contribution in [1.29, 1.82) is 0 Å². The summed E-state index contributed by atoms with van der Waals surface area (Å²) < 4.78 is 10.7. The highest BCUT2D eigenvalue weighted by atomic mass is 16.7. The second kappa shape index (κ2) is 8.65. The van der Waals surface area contributed by atoms with Crippen molar-refractivity contribution in [2.24, 2.45) is 5.92 Å². The van der Waals surface area contributed by atoms with Crippen LogP contribution in [0.4, 0.5) is 10.5 Å². The molecule has 1 heterocycles. The Morgan fingerprint density at radius 2 is 1.64 bits per heavy atom. The molecule has 0 radical (unpaired) electrons. The molecule has 28 heavy (non-hydrogen) atoms. The zero-order valence-electron chi connectivity index (χ0n) is 16.2. The van der Waals surface area contributed by atoms with Gasteiger partial charge in [0.2, 0.25) is 12.7 Å². The maximum Gasteiger partial charge on any atom is 0.319 e. The van der Waals surface area contributed by atoms with Crippen molar-refractivity contribution in [3.8, 4) is 11.5 Å². The van der Waals surface area contributed by atoms with Crippen molar-refractivity contribution >= 4 is 17.6 Å². The molecule has 3 N–H and O–H groups in total. The molecule has 0 aromatic heterocycles. The van der Waals surface area contributed by atoms with Gasteiger partial charge in [0.05, 0.1) is 6.04 Å². The summed E-state index contributed by atoms with van der Waals surface area (Å²) in [4.78, 5) is 25.1. The highest BCUT2D eigenvalue weighted by Gasteiger charge is 2.26. The first kappa shape index (κ1) is 19.5. The van der Waals surface area contributed by atoms with E-state index < -0.39 is 12.1 Å². The van der Waals surface area contributed by atoms with Gasteiger partial charge in [0, 0.05) is 5.69 Å². The second-order valence-electron chi connectivity index (χ2n) is 7.03. The minimum atomic E-state index is -0.667. The van der Waals surface area contributed by atoms with E-state index >= 15 is 0 Å². The average molecular weight is 383 g/mol. The fraction of sp³-hybridized carbons (Fsp3) is 0.333. The van der Waals surface area contributed by atoms with Crippen LogP contribution in [0.25, 0.3) is 0 Å². The third-order valence-electron chi connectivity index (χ3n) is 4.52. The van der Waals surface area contributed by atoms with Crippen LogP contribution in [0.2, 0.25) is 0 Å². The number of hydrogen-bond acceptors (Lipinski definition) is 4. The fourth-order valence-electron chi connectivity index (χ4n) is 2.93. The van der Waals surface area contributed by atoms with Gasteiger partial charge in [-0.25, -0.2) is 4.79 Å². The van der Waals surface area contributed by atoms with Crippen LogP contribution in [0.3, 0.4) is 0 Å². The summed E-state index contributed by atoms with van der Waals surface area (Å²) in [5, 5.41) is 8.45. The number of fused-ring (bicyclic) bond motifs is 1. The molecule has 2 aromatic rings. The van der Waals surface area contributed by atoms with Crippen LogP contribution in [0, 0.1) is 5.92 Å². The number of amides is 3. The smallest absolute Gasteiger partial charge is 0.319 e. The van der Waals surface area contributed by atoms with E-state index in [4.69, 9.17) is 9.47 Å². The van der Waals surface area contributed by atoms with E-state index in [1.807, 2.05) is 57.2 Å². The molecule has 7 nitrogen and oxygen atoms in total. The second-order valence-corrected chi connectivity index (χ2v) is 7.03. The molecule has 1 aliphatic heterocycles. The van der Waals surface area contributed by atoms with Gasteiger partial charge in [0.1, 0.15) is 6.04 Å². The van der Waals surface area contributed by atoms with Gasteiger partial charge in [0.15, 0.2) is 11.5 Å². The van der Waals surface area contributed by atoms with Gasteiger partial charge in [-0.15, -0.1) is 0 Å². The molecule has 3 rings (SSSR count). The molecular weight excluding hydrogens is 358 g/mol. The van der Waals surface area contributed by atoms with Gasteiger partial charge in [-0.05, 0) is 42.7 Å². The maximum absolute atomic E-state index is 12.8. The number of para-hydroxylation sites is 1. The highest BCUT2D eigenvalue weighted by Crippen LogP contribution is 2.34. The Balaban J connectivity index is 1.61. The van der Waals surface area contributed by atoms with Crippen molar-refractivity contribution in [1.82, 2.24) is 10.6 Å². The lowest BCUT2D eigenvalue weighted by atomic mass is 10.0. The van der Waals surface area contributed by atoms with E-state index in [1.165, 1.54) is 0 Å². The summed E-state index contributed by atoms with van der Waals surface area (Å²) in [6, 6.07) is 13.3. The SMILES string of the molecule is CC(C)[C@@H](NC(=O)Nc1ccccc1)C(=O)N[C@@H](C)c1ccc2c(c1)OCO2. The molecule has 2 aromatic carbocycles. The van der Waals surface area contributed by atoms with Crippen LogP contribution < -0.4 is 25.4 Å². The van der Waals surface area contributed by atoms with E-state index in [-0.39, 0.29) is 24.7 Å². The van der Waals surface area contributed by atoms with Gasteiger partial charge >= 0.3 is 6.03 Å². The predicted molar refractivity (Wildman–Crippen MR) is 106 cm³/mol. The predicted octanol–water partition coefficient (Wildman–Crippen LogP) is 3.44. The Hall–Kier alpha value is -3.22. The lowest BCUT2D eigenvalue weighted by Crippen LogP contribution is -2.51. The molecule has 0 unspecified atom stereocenters. The maximum atomic E-state index is 12.8. The van der Waals surface area contributed by atoms with Crippen LogP contribution in [0.15, 0.2) is 48.5 Å². The molecule has 0 spiro atoms. The van der Waals surface area contributed by atoms with Crippen LogP contribution in [-0.4, -0.2) is 24.8 Å². The minimum Gasteiger partial charge on any atom is -0.454 e. The van der Waals surface area contributed by atoms with Crippen LogP contribution in [-0.2, 0) is 4.79 Å². The van der Waals surface area contributed by atoms with Crippen LogP contribution >= 0.6 is 0 Å². The molecular formula is C21H25N3O4. The summed E-state index contributed by atoms with van der Waals surface area (Å²) in [7, 11) is 0. The molecule has 2 atom stereocenters. The number of rotatable bonds is 6. The van der Waals surface area contributed by atoms with Crippen molar-refractivity contribution in [3.05, 3.63) is 54.1 Å². The van der Waals surface area contributed by atoms with Crippen molar-refractivity contribution in [2.75, 3.05) is 12.1 Å². The summed E-state index contributed by atoms with van der Waals surface area (Å²) >= 11 is 0. The van der Waals surface area contributed by atoms with E-state index in [2.05, 4.69) is 16.0 Å². The standard InChI is InChI=1S/C21H25N3O4/c1-13(2)19(24-21(26)23-16-7-5-4-6-8-16)20(25)22-14(3)15-9-10-17-18(11-15)28-12-27-17/h4-11,13-14,19H,12H2,1-3H3,(H,22,25)(H2,23,24,26)/t14-,19+/m0/s1. The van der Waals surface area contributed by atoms with E-state index in [0.29, 0.717) is 17.2 Å². The zero-order valence-corrected chi connectivity index (χ0v) is 16.2. The van der Waals surface area contributed by atoms with Gasteiger partial charge in [-0.3, -0.25) is 4.79 Å². The molecule has 0 saturated carbocycles. The summed E-state index contributed by atoms with van der Waals surface area (Å²) in [6.07, 6.45) is 0. The van der Waals surface area contributed by atoms with Gasteiger partial charge in [-0.2, -0.15) is 0 Å². The molecule has 1 aliphatic rings. The Labute approximate surface area is 164 Å². The Kier molecular flexibility index (Phi) is 6.03. The molecule has 0 fully saturated rings. The number of carbonyl (C=O) groups is 2. The molecule has 0 aliphatic carbocycles. The third-order valence-corrected chi connectivity index (χ3v) is 4.52. The van der Waals surface area contributed by atoms with Gasteiger partial charge in [0.25, 0.3) is 0 Å². The van der Waals surface area contributed by atoms with Gasteiger partial charge < -0.3 is 25.4 Å². The fourth-order valence-corrected chi connectivity index (χ4v) is 2.93. The Morgan fingerprint density at radius 3 is 2.36 bits per heavy atom. The topological polar surface area (TPSA) is 88.7 Å². The number of carbonyl (C=O) groups excluding carboxylic acids is 2. The lowest BCUT2D eigenvalue weighted by Gasteiger charge is -2.24. The first-order valence-corrected chi connectivity index (χ1v) is 9.26. The average Bonchev–Trinajstić information content (AvgIpc) is 3.14. The van der Waals surface area contributed by atoms with Crippen LogP contribution in [0.5, 0.6) is 11.5 Å². The number of benzene rings is 2. The first-order valence-electron chi connectivity index (χ1n) is 9.26. The van der Waals surface area contributed by atoms with E-state index in [1.54, 1.807) is 12.1 Å². The summed E-state index contributed by atoms with van der Waals surface area (Å²) in [5.41, 5.74) is 1.56. The van der Waals surface area contributed by atoms with Crippen molar-refractivity contribution < 1.29 is 19.1 Å². The number of nitrogens with one attached hydrogen (secondary N) is 3. The third kappa shape index (κ3) is 4.73. The molecule has 0 saturated heterocycles.